The number of nitrogens with one attached hydrogen (secondary N) is 1. The van der Waals surface area contributed by atoms with Crippen LogP contribution in [0.2, 0.25) is 0 Å². The monoisotopic (exact) mass is 485 g/mol. The number of amides is 2. The highest BCUT2D eigenvalue weighted by Crippen LogP contribution is 2.34. The third kappa shape index (κ3) is 5.26. The lowest BCUT2D eigenvalue weighted by molar-refractivity contribution is -0.129. The molecule has 8 nitrogen and oxygen atoms in total. The average Bonchev–Trinajstić information content (AvgIpc) is 3.23. The Kier molecular flexibility index (Phi) is 7.23. The number of carbonyl (C=O) groups excluding carboxylic acids is 2. The van der Waals surface area contributed by atoms with Crippen molar-refractivity contribution < 1.29 is 22.7 Å². The number of carbonyl (C=O) groups is 2. The number of para-hydroxylation sites is 1. The van der Waals surface area contributed by atoms with E-state index in [9.17, 15) is 18.0 Å². The SMILES string of the molecule is CC(C)N1CC(C(=O)Nc2cc(S(=O)(=O)N3CCCCC3)ccc2Oc2ccccc2)CC1=O. The van der Waals surface area contributed by atoms with Gasteiger partial charge in [-0.1, -0.05) is 24.6 Å². The molecule has 34 heavy (non-hydrogen) atoms. The largest absolute Gasteiger partial charge is 0.455 e. The van der Waals surface area contributed by atoms with Crippen molar-refractivity contribution in [3.05, 3.63) is 48.5 Å². The van der Waals surface area contributed by atoms with Gasteiger partial charge in [-0.3, -0.25) is 9.59 Å². The quantitative estimate of drug-likeness (QED) is 0.643. The van der Waals surface area contributed by atoms with Crippen LogP contribution in [0.3, 0.4) is 0 Å². The molecule has 2 amide bonds. The van der Waals surface area contributed by atoms with Crippen molar-refractivity contribution in [2.75, 3.05) is 25.0 Å². The van der Waals surface area contributed by atoms with Gasteiger partial charge in [0.05, 0.1) is 16.5 Å². The number of hydrogen-bond acceptors (Lipinski definition) is 5. The molecule has 2 aliphatic rings. The number of nitrogens with zero attached hydrogens (tertiary/aromatic N) is 2. The van der Waals surface area contributed by atoms with E-state index in [4.69, 9.17) is 4.74 Å². The topological polar surface area (TPSA) is 96.0 Å². The van der Waals surface area contributed by atoms with E-state index in [1.54, 1.807) is 23.1 Å². The minimum atomic E-state index is -3.69. The number of sulfonamides is 1. The van der Waals surface area contributed by atoms with Crippen molar-refractivity contribution in [3.8, 4) is 11.5 Å². The van der Waals surface area contributed by atoms with Crippen molar-refractivity contribution in [1.82, 2.24) is 9.21 Å². The Hall–Kier alpha value is -2.91. The number of piperidine rings is 1. The van der Waals surface area contributed by atoms with Crippen LogP contribution in [0.15, 0.2) is 53.4 Å². The molecule has 182 valence electrons. The number of anilines is 1. The van der Waals surface area contributed by atoms with Gasteiger partial charge in [0.25, 0.3) is 0 Å². The third-order valence-electron chi connectivity index (χ3n) is 6.29. The van der Waals surface area contributed by atoms with Crippen molar-refractivity contribution in [1.29, 1.82) is 0 Å². The molecule has 1 unspecified atom stereocenters. The molecule has 2 aliphatic heterocycles. The Balaban J connectivity index is 1.62. The summed E-state index contributed by atoms with van der Waals surface area (Å²) in [5.41, 5.74) is 0.266. The van der Waals surface area contributed by atoms with Gasteiger partial charge >= 0.3 is 0 Å². The normalized spacial score (nSPS) is 19.4. The smallest absolute Gasteiger partial charge is 0.243 e. The first-order chi connectivity index (χ1) is 16.3. The van der Waals surface area contributed by atoms with Gasteiger partial charge in [0.2, 0.25) is 21.8 Å². The molecule has 9 heteroatoms. The summed E-state index contributed by atoms with van der Waals surface area (Å²) in [7, 11) is -3.69. The Morgan fingerprint density at radius 3 is 2.41 bits per heavy atom. The van der Waals surface area contributed by atoms with Gasteiger partial charge in [0.15, 0.2) is 5.75 Å². The zero-order valence-corrected chi connectivity index (χ0v) is 20.4. The van der Waals surface area contributed by atoms with Crippen LogP contribution in [0.5, 0.6) is 11.5 Å². The molecule has 1 atom stereocenters. The number of likely N-dealkylation sites (tertiary alicyclic amines) is 1. The molecule has 0 bridgehead atoms. The summed E-state index contributed by atoms with van der Waals surface area (Å²) in [6, 6.07) is 13.6. The number of benzene rings is 2. The van der Waals surface area contributed by atoms with Gasteiger partial charge in [-0.25, -0.2) is 8.42 Å². The fraction of sp³-hybridized carbons (Fsp3) is 0.440. The average molecular weight is 486 g/mol. The van der Waals surface area contributed by atoms with E-state index < -0.39 is 15.9 Å². The Morgan fingerprint density at radius 1 is 1.06 bits per heavy atom. The summed E-state index contributed by atoms with van der Waals surface area (Å²) < 4.78 is 33.9. The number of ether oxygens (including phenoxy) is 1. The molecular weight excluding hydrogens is 454 g/mol. The molecule has 0 saturated carbocycles. The van der Waals surface area contributed by atoms with Gasteiger partial charge in [0.1, 0.15) is 5.75 Å². The van der Waals surface area contributed by atoms with Gasteiger partial charge in [-0.15, -0.1) is 0 Å². The van der Waals surface area contributed by atoms with Crippen molar-refractivity contribution in [2.45, 2.75) is 50.5 Å². The molecule has 1 N–H and O–H groups in total. The van der Waals surface area contributed by atoms with E-state index in [1.807, 2.05) is 32.0 Å². The standard InChI is InChI=1S/C25H31N3O5S/c1-18(2)28-17-19(15-24(28)29)25(30)26-22-16-21(34(31,32)27-13-7-4-8-14-27)11-12-23(22)33-20-9-5-3-6-10-20/h3,5-6,9-12,16,18-19H,4,7-8,13-15,17H2,1-2H3,(H,26,30). The van der Waals surface area contributed by atoms with E-state index in [1.165, 1.54) is 16.4 Å². The van der Waals surface area contributed by atoms with Crippen LogP contribution in [0.25, 0.3) is 0 Å². The summed E-state index contributed by atoms with van der Waals surface area (Å²) in [6.07, 6.45) is 2.81. The maximum Gasteiger partial charge on any atom is 0.243 e. The molecule has 2 saturated heterocycles. The molecule has 2 fully saturated rings. The predicted molar refractivity (Wildman–Crippen MR) is 129 cm³/mol. The first kappa shape index (κ1) is 24.2. The number of rotatable bonds is 7. The highest BCUT2D eigenvalue weighted by atomic mass is 32.2. The molecule has 0 spiro atoms. The van der Waals surface area contributed by atoms with Crippen LogP contribution in [-0.4, -0.2) is 55.1 Å². The maximum atomic E-state index is 13.2. The minimum Gasteiger partial charge on any atom is -0.455 e. The van der Waals surface area contributed by atoms with Crippen molar-refractivity contribution in [2.24, 2.45) is 5.92 Å². The second kappa shape index (κ2) is 10.1. The lowest BCUT2D eigenvalue weighted by Crippen LogP contribution is -2.35. The van der Waals surface area contributed by atoms with Gasteiger partial charge in [-0.05, 0) is 57.0 Å². The molecule has 2 aromatic rings. The lowest BCUT2D eigenvalue weighted by Gasteiger charge is -2.26. The second-order valence-electron chi connectivity index (χ2n) is 9.07. The van der Waals surface area contributed by atoms with Gasteiger partial charge in [-0.2, -0.15) is 4.31 Å². The molecule has 2 aromatic carbocycles. The van der Waals surface area contributed by atoms with Crippen LogP contribution in [0, 0.1) is 5.92 Å². The van der Waals surface area contributed by atoms with Gasteiger partial charge in [0, 0.05) is 32.1 Å². The second-order valence-corrected chi connectivity index (χ2v) is 11.0. The fourth-order valence-electron chi connectivity index (χ4n) is 4.37. The maximum absolute atomic E-state index is 13.2. The van der Waals surface area contributed by atoms with E-state index in [0.29, 0.717) is 31.1 Å². The summed E-state index contributed by atoms with van der Waals surface area (Å²) in [4.78, 5) is 27.2. The molecular formula is C25H31N3O5S. The summed E-state index contributed by atoms with van der Waals surface area (Å²) in [5.74, 6) is -0.00468. The van der Waals surface area contributed by atoms with Crippen LogP contribution >= 0.6 is 0 Å². The molecule has 0 radical (unpaired) electrons. The first-order valence-corrected chi connectivity index (χ1v) is 13.2. The highest BCUT2D eigenvalue weighted by molar-refractivity contribution is 7.89. The van der Waals surface area contributed by atoms with E-state index >= 15 is 0 Å². The molecule has 2 heterocycles. The molecule has 0 aromatic heterocycles. The molecule has 0 aliphatic carbocycles. The summed E-state index contributed by atoms with van der Waals surface area (Å²) in [5, 5.41) is 2.84. The minimum absolute atomic E-state index is 0.0142. The van der Waals surface area contributed by atoms with Crippen LogP contribution in [-0.2, 0) is 19.6 Å². The van der Waals surface area contributed by atoms with Crippen LogP contribution < -0.4 is 10.1 Å². The van der Waals surface area contributed by atoms with Crippen molar-refractivity contribution in [3.63, 3.8) is 0 Å². The van der Waals surface area contributed by atoms with Gasteiger partial charge < -0.3 is 15.0 Å². The fourth-order valence-corrected chi connectivity index (χ4v) is 5.91. The van der Waals surface area contributed by atoms with Crippen LogP contribution in [0.1, 0.15) is 39.5 Å². The first-order valence-electron chi connectivity index (χ1n) is 11.7. The van der Waals surface area contributed by atoms with E-state index in [0.717, 1.165) is 19.3 Å². The Bertz CT molecular complexity index is 1140. The van der Waals surface area contributed by atoms with Crippen molar-refractivity contribution >= 4 is 27.5 Å². The van der Waals surface area contributed by atoms with Crippen LogP contribution in [0.4, 0.5) is 5.69 Å². The highest BCUT2D eigenvalue weighted by Gasteiger charge is 2.36. The zero-order valence-electron chi connectivity index (χ0n) is 19.6. The van der Waals surface area contributed by atoms with E-state index in [-0.39, 0.29) is 34.9 Å². The lowest BCUT2D eigenvalue weighted by atomic mass is 10.1. The predicted octanol–water partition coefficient (Wildman–Crippen LogP) is 3.85. The summed E-state index contributed by atoms with van der Waals surface area (Å²) in [6.45, 7) is 5.14. The van der Waals surface area contributed by atoms with E-state index in [2.05, 4.69) is 5.32 Å². The molecule has 4 rings (SSSR count). The Labute approximate surface area is 200 Å². The third-order valence-corrected chi connectivity index (χ3v) is 8.18. The Morgan fingerprint density at radius 2 is 1.76 bits per heavy atom. The zero-order chi connectivity index (χ0) is 24.3. The summed E-state index contributed by atoms with van der Waals surface area (Å²) >= 11 is 0. The number of hydrogen-bond donors (Lipinski definition) is 1.